The number of nitrogens with one attached hydrogen (secondary N) is 1. The van der Waals surface area contributed by atoms with Gasteiger partial charge in [-0.3, -0.25) is 4.79 Å². The van der Waals surface area contributed by atoms with Gasteiger partial charge in [0.05, 0.1) is 51.4 Å². The van der Waals surface area contributed by atoms with E-state index in [1.54, 1.807) is 109 Å². The number of hydrogen-bond acceptors (Lipinski definition) is 13. The topological polar surface area (TPSA) is 139 Å². The molecule has 9 rings (SSSR count). The van der Waals surface area contributed by atoms with Crippen LogP contribution in [0.1, 0.15) is 43.6 Å². The zero-order valence-corrected chi connectivity index (χ0v) is 38.4. The first-order valence-corrected chi connectivity index (χ1v) is 22.6. The van der Waals surface area contributed by atoms with E-state index in [1.165, 1.54) is 25.8 Å². The molecule has 0 aliphatic carbocycles. The van der Waals surface area contributed by atoms with Gasteiger partial charge in [-0.1, -0.05) is 114 Å². The number of benzene rings is 7. The third kappa shape index (κ3) is 9.23. The van der Waals surface area contributed by atoms with E-state index in [1.807, 2.05) is 48.2 Å². The Morgan fingerprint density at radius 1 is 0.716 bits per heavy atom. The maximum absolute atomic E-state index is 14.3. The maximum Gasteiger partial charge on any atom is 0.338 e. The number of ether oxygens (including phenoxy) is 6. The van der Waals surface area contributed by atoms with Crippen molar-refractivity contribution in [2.24, 2.45) is 0 Å². The summed E-state index contributed by atoms with van der Waals surface area (Å²) in [6.07, 6.45) is -5.22. The van der Waals surface area contributed by atoms with Crippen molar-refractivity contribution in [2.45, 2.75) is 48.2 Å². The number of halogens is 2. The molecule has 4 atom stereocenters. The van der Waals surface area contributed by atoms with Crippen molar-refractivity contribution in [1.82, 2.24) is 0 Å². The van der Waals surface area contributed by atoms with Crippen molar-refractivity contribution in [2.75, 3.05) is 23.9 Å². The van der Waals surface area contributed by atoms with Crippen molar-refractivity contribution in [1.29, 1.82) is 0 Å². The van der Waals surface area contributed by atoms with Crippen LogP contribution in [-0.4, -0.2) is 62.1 Å². The number of esters is 4. The standard InChI is InChI=1S/C52H40Cl2N2O10S/c1-29-25-38(40(61-3)27-37(29)54)55-43-45(63-30(2)57)36-22-14-13-21-35(36)44-48(43)67-42-26-34(53)23-24-39(42)56(44)49-47(66-52(60)33-19-11-6-12-20-33)46(65-51(59)32-17-9-5-10-18-32)41(64-49)28-62-50(58)31-15-7-4-8-16-31/h4-27,41,46-47,49,55H,28H2,1-3H3/t41-,46-,47-,49-/m1/s1. The van der Waals surface area contributed by atoms with Crippen LogP contribution >= 0.6 is 35.0 Å². The molecule has 1 saturated heterocycles. The minimum atomic E-state index is -1.39. The first kappa shape index (κ1) is 45.1. The van der Waals surface area contributed by atoms with Gasteiger partial charge in [0.1, 0.15) is 18.5 Å². The summed E-state index contributed by atoms with van der Waals surface area (Å²) in [5, 5.41) is 5.56. The van der Waals surface area contributed by atoms with Gasteiger partial charge in [-0.15, -0.1) is 0 Å². The van der Waals surface area contributed by atoms with E-state index in [0.717, 1.165) is 5.56 Å². The third-order valence-corrected chi connectivity index (χ3v) is 12.9. The number of fused-ring (bicyclic) bond motifs is 4. The Balaban J connectivity index is 1.27. The number of hydrogen-bond donors (Lipinski definition) is 1. The number of aryl methyl sites for hydroxylation is 1. The minimum absolute atomic E-state index is 0.217. The number of methoxy groups -OCH3 is 1. The van der Waals surface area contributed by atoms with Gasteiger partial charge in [-0.25, -0.2) is 14.4 Å². The largest absolute Gasteiger partial charge is 0.495 e. The van der Waals surface area contributed by atoms with E-state index in [2.05, 4.69) is 5.32 Å². The van der Waals surface area contributed by atoms with Crippen LogP contribution in [0.2, 0.25) is 10.0 Å². The Morgan fingerprint density at radius 3 is 1.91 bits per heavy atom. The highest BCUT2D eigenvalue weighted by Gasteiger charge is 2.54. The molecule has 1 fully saturated rings. The first-order chi connectivity index (χ1) is 32.5. The Bertz CT molecular complexity index is 3030. The van der Waals surface area contributed by atoms with Crippen LogP contribution in [0.5, 0.6) is 11.5 Å². The van der Waals surface area contributed by atoms with E-state index in [-0.39, 0.29) is 22.4 Å². The van der Waals surface area contributed by atoms with E-state index >= 15 is 0 Å². The number of nitrogens with zero attached hydrogens (tertiary/aromatic N) is 1. The second kappa shape index (κ2) is 19.4. The fourth-order valence-electron chi connectivity index (χ4n) is 8.06. The van der Waals surface area contributed by atoms with Crippen molar-refractivity contribution in [3.63, 3.8) is 0 Å². The Morgan fingerprint density at radius 2 is 1.30 bits per heavy atom. The zero-order chi connectivity index (χ0) is 46.8. The molecule has 0 aromatic heterocycles. The molecule has 0 saturated carbocycles. The second-order valence-electron chi connectivity index (χ2n) is 15.5. The Labute approximate surface area is 399 Å². The lowest BCUT2D eigenvalue weighted by Crippen LogP contribution is -2.47. The van der Waals surface area contributed by atoms with Crippen LogP contribution in [0, 0.1) is 6.92 Å². The Kier molecular flexibility index (Phi) is 13.1. The number of carbonyl (C=O) groups is 4. The van der Waals surface area contributed by atoms with Crippen molar-refractivity contribution in [3.05, 3.63) is 178 Å². The summed E-state index contributed by atoms with van der Waals surface area (Å²) in [5.41, 5.74) is 3.50. The highest BCUT2D eigenvalue weighted by Crippen LogP contribution is 2.60. The van der Waals surface area contributed by atoms with Crippen LogP contribution in [0.15, 0.2) is 155 Å². The van der Waals surface area contributed by atoms with E-state index < -0.39 is 55.0 Å². The normalized spacial score (nSPS) is 17.2. The summed E-state index contributed by atoms with van der Waals surface area (Å²) in [6, 6.07) is 41.4. The summed E-state index contributed by atoms with van der Waals surface area (Å²) >= 11 is 14.7. The Hall–Kier alpha value is -7.03. The van der Waals surface area contributed by atoms with Gasteiger partial charge >= 0.3 is 23.9 Å². The van der Waals surface area contributed by atoms with Crippen LogP contribution in [0.25, 0.3) is 10.8 Å². The van der Waals surface area contributed by atoms with Crippen LogP contribution < -0.4 is 19.7 Å². The molecule has 0 bridgehead atoms. The molecule has 7 aromatic rings. The SMILES string of the molecule is COc1cc(Cl)c(C)cc1Nc1c2c(c3ccccc3c1OC(C)=O)N([C@@H]1O[C@H](COC(=O)c3ccccc3)[C@@H](OC(=O)c3ccccc3)[C@H]1OC(=O)c1ccccc1)c1ccc(Cl)cc1S2. The molecule has 338 valence electrons. The number of carbonyl (C=O) groups excluding carboxylic acids is 4. The highest BCUT2D eigenvalue weighted by atomic mass is 35.5. The molecule has 1 N–H and O–H groups in total. The molecule has 0 radical (unpaired) electrons. The smallest absolute Gasteiger partial charge is 0.338 e. The lowest BCUT2D eigenvalue weighted by molar-refractivity contribution is -0.131. The average molecular weight is 956 g/mol. The summed E-state index contributed by atoms with van der Waals surface area (Å²) in [4.78, 5) is 58.0. The van der Waals surface area contributed by atoms with Gasteiger partial charge in [0.15, 0.2) is 24.2 Å². The fraction of sp³-hybridized carbons (Fsp3) is 0.154. The quantitative estimate of drug-likeness (QED) is 0.0707. The van der Waals surface area contributed by atoms with Crippen LogP contribution in [-0.2, 0) is 23.7 Å². The predicted molar refractivity (Wildman–Crippen MR) is 256 cm³/mol. The second-order valence-corrected chi connectivity index (χ2v) is 17.4. The van der Waals surface area contributed by atoms with E-state index in [4.69, 9.17) is 51.6 Å². The van der Waals surface area contributed by atoms with Crippen molar-refractivity contribution >= 4 is 92.4 Å². The molecule has 15 heteroatoms. The minimum Gasteiger partial charge on any atom is -0.495 e. The molecule has 7 aromatic carbocycles. The maximum atomic E-state index is 14.3. The summed E-state index contributed by atoms with van der Waals surface area (Å²) in [5.74, 6) is -2.05. The summed E-state index contributed by atoms with van der Waals surface area (Å²) < 4.78 is 37.6. The molecule has 12 nitrogen and oxygen atoms in total. The van der Waals surface area contributed by atoms with Crippen molar-refractivity contribution < 1.29 is 47.6 Å². The molecule has 0 unspecified atom stereocenters. The van der Waals surface area contributed by atoms with Gasteiger partial charge in [-0.05, 0) is 73.2 Å². The van der Waals surface area contributed by atoms with Gasteiger partial charge in [0.2, 0.25) is 0 Å². The summed E-state index contributed by atoms with van der Waals surface area (Å²) in [7, 11) is 1.52. The molecular formula is C52H40Cl2N2O10S. The van der Waals surface area contributed by atoms with E-state index in [0.29, 0.717) is 59.1 Å². The molecule has 2 aliphatic rings. The monoisotopic (exact) mass is 954 g/mol. The molecule has 0 spiro atoms. The van der Waals surface area contributed by atoms with Crippen molar-refractivity contribution in [3.8, 4) is 11.5 Å². The van der Waals surface area contributed by atoms with Gasteiger partial charge in [0.25, 0.3) is 0 Å². The molecule has 0 amide bonds. The fourth-order valence-corrected chi connectivity index (χ4v) is 9.68. The third-order valence-electron chi connectivity index (χ3n) is 11.1. The van der Waals surface area contributed by atoms with Gasteiger partial charge in [-0.2, -0.15) is 0 Å². The number of rotatable bonds is 12. The van der Waals surface area contributed by atoms with Crippen LogP contribution in [0.3, 0.4) is 0 Å². The number of anilines is 4. The molecule has 2 heterocycles. The molecular weight excluding hydrogens is 916 g/mol. The lowest BCUT2D eigenvalue weighted by Gasteiger charge is -2.40. The zero-order valence-electron chi connectivity index (χ0n) is 36.1. The lowest BCUT2D eigenvalue weighted by atomic mass is 10.0. The highest BCUT2D eigenvalue weighted by molar-refractivity contribution is 8.00. The molecule has 67 heavy (non-hydrogen) atoms. The predicted octanol–water partition coefficient (Wildman–Crippen LogP) is 11.8. The summed E-state index contributed by atoms with van der Waals surface area (Å²) in [6.45, 7) is 2.76. The first-order valence-electron chi connectivity index (χ1n) is 21.0. The van der Waals surface area contributed by atoms with Gasteiger partial charge < -0.3 is 38.6 Å². The van der Waals surface area contributed by atoms with E-state index in [9.17, 15) is 19.2 Å². The van der Waals surface area contributed by atoms with Gasteiger partial charge in [0, 0.05) is 38.7 Å². The molecule has 2 aliphatic heterocycles. The van der Waals surface area contributed by atoms with Crippen LogP contribution in [0.4, 0.5) is 22.7 Å². The average Bonchev–Trinajstić information content (AvgIpc) is 3.67.